The molecule has 0 saturated heterocycles. The Kier molecular flexibility index (Phi) is 4.38. The van der Waals surface area contributed by atoms with Crippen molar-refractivity contribution in [3.63, 3.8) is 0 Å². The van der Waals surface area contributed by atoms with Crippen molar-refractivity contribution in [1.82, 2.24) is 5.32 Å². The molecule has 1 aromatic heterocycles. The van der Waals surface area contributed by atoms with Crippen molar-refractivity contribution in [2.24, 2.45) is 0 Å². The predicted molar refractivity (Wildman–Crippen MR) is 80.5 cm³/mol. The minimum Gasteiger partial charge on any atom is -0.345 e. The minimum absolute atomic E-state index is 0.00802. The van der Waals surface area contributed by atoms with Gasteiger partial charge in [-0.25, -0.2) is 0 Å². The number of amides is 1. The molecular formula is C16H19NOS. The van der Waals surface area contributed by atoms with Gasteiger partial charge in [0.25, 0.3) is 0 Å². The van der Waals surface area contributed by atoms with Crippen molar-refractivity contribution in [3.05, 3.63) is 57.8 Å². The Hall–Kier alpha value is -1.61. The molecule has 1 N–H and O–H groups in total. The third kappa shape index (κ3) is 3.44. The molecule has 1 amide bonds. The van der Waals surface area contributed by atoms with E-state index >= 15 is 0 Å². The average Bonchev–Trinajstić information content (AvgIpc) is 2.89. The summed E-state index contributed by atoms with van der Waals surface area (Å²) in [5, 5.41) is 5.05. The summed E-state index contributed by atoms with van der Waals surface area (Å²) in [7, 11) is 0. The maximum Gasteiger partial charge on any atom is 0.217 e. The van der Waals surface area contributed by atoms with E-state index in [1.165, 1.54) is 5.56 Å². The average molecular weight is 273 g/mol. The number of hydrogen-bond acceptors (Lipinski definition) is 2. The molecule has 2 nitrogen and oxygen atoms in total. The number of hydrogen-bond donors (Lipinski definition) is 1. The number of carbonyl (C=O) groups is 1. The van der Waals surface area contributed by atoms with Gasteiger partial charge in [0.1, 0.15) is 0 Å². The summed E-state index contributed by atoms with van der Waals surface area (Å²) in [6.07, 6.45) is 0. The van der Waals surface area contributed by atoms with Gasteiger partial charge in [0.05, 0.1) is 6.04 Å². The molecule has 0 saturated carbocycles. The zero-order valence-electron chi connectivity index (χ0n) is 11.5. The van der Waals surface area contributed by atoms with Crippen LogP contribution in [0, 0.1) is 0 Å². The van der Waals surface area contributed by atoms with E-state index in [2.05, 4.69) is 49.5 Å². The summed E-state index contributed by atoms with van der Waals surface area (Å²) >= 11 is 1.66. The van der Waals surface area contributed by atoms with Crippen LogP contribution in [0.3, 0.4) is 0 Å². The van der Waals surface area contributed by atoms with E-state index in [-0.39, 0.29) is 11.9 Å². The summed E-state index contributed by atoms with van der Waals surface area (Å²) in [5.74, 6) is 0.515. The minimum atomic E-state index is -0.0429. The second-order valence-electron chi connectivity index (χ2n) is 4.97. The Morgan fingerprint density at radius 1 is 1.11 bits per heavy atom. The zero-order valence-corrected chi connectivity index (χ0v) is 12.3. The highest BCUT2D eigenvalue weighted by atomic mass is 32.1. The summed E-state index contributed by atoms with van der Waals surface area (Å²) in [6, 6.07) is 12.5. The largest absolute Gasteiger partial charge is 0.345 e. The topological polar surface area (TPSA) is 29.1 Å². The second kappa shape index (κ2) is 6.02. The molecule has 1 unspecified atom stereocenters. The lowest BCUT2D eigenvalue weighted by Gasteiger charge is -2.18. The Morgan fingerprint density at radius 3 is 2.21 bits per heavy atom. The van der Waals surface area contributed by atoms with Crippen molar-refractivity contribution in [3.8, 4) is 0 Å². The van der Waals surface area contributed by atoms with Crippen molar-refractivity contribution in [2.45, 2.75) is 32.7 Å². The van der Waals surface area contributed by atoms with E-state index in [0.29, 0.717) is 5.92 Å². The third-order valence-electron chi connectivity index (χ3n) is 3.11. The van der Waals surface area contributed by atoms with Crippen molar-refractivity contribution >= 4 is 17.2 Å². The van der Waals surface area contributed by atoms with Gasteiger partial charge in [0, 0.05) is 11.8 Å². The maximum atomic E-state index is 11.4. The summed E-state index contributed by atoms with van der Waals surface area (Å²) in [6.45, 7) is 5.92. The lowest BCUT2D eigenvalue weighted by molar-refractivity contribution is -0.119. The molecule has 2 aromatic rings. The maximum absolute atomic E-state index is 11.4. The Labute approximate surface area is 118 Å². The normalized spacial score (nSPS) is 12.4. The van der Waals surface area contributed by atoms with E-state index in [4.69, 9.17) is 0 Å². The van der Waals surface area contributed by atoms with Gasteiger partial charge in [-0.05, 0) is 28.5 Å². The van der Waals surface area contributed by atoms with Gasteiger partial charge in [-0.1, -0.05) is 44.2 Å². The lowest BCUT2D eigenvalue weighted by atomic mass is 9.98. The van der Waals surface area contributed by atoms with Crippen molar-refractivity contribution in [2.75, 3.05) is 0 Å². The lowest BCUT2D eigenvalue weighted by Crippen LogP contribution is -2.26. The molecule has 1 aromatic carbocycles. The van der Waals surface area contributed by atoms with Crippen LogP contribution in [0.1, 0.15) is 48.7 Å². The van der Waals surface area contributed by atoms with Crippen molar-refractivity contribution in [1.29, 1.82) is 0 Å². The molecule has 0 aliphatic rings. The monoisotopic (exact) mass is 273 g/mol. The number of nitrogens with one attached hydrogen (secondary N) is 1. The van der Waals surface area contributed by atoms with E-state index in [1.54, 1.807) is 18.3 Å². The first-order valence-corrected chi connectivity index (χ1v) is 7.36. The van der Waals surface area contributed by atoms with Gasteiger partial charge < -0.3 is 5.32 Å². The van der Waals surface area contributed by atoms with Gasteiger partial charge in [-0.2, -0.15) is 0 Å². The highest BCUT2D eigenvalue weighted by Crippen LogP contribution is 2.27. The molecule has 0 spiro atoms. The summed E-state index contributed by atoms with van der Waals surface area (Å²) < 4.78 is 0. The van der Waals surface area contributed by atoms with E-state index < -0.39 is 0 Å². The van der Waals surface area contributed by atoms with Crippen LogP contribution in [-0.2, 0) is 4.79 Å². The van der Waals surface area contributed by atoms with Crippen molar-refractivity contribution < 1.29 is 4.79 Å². The Bertz CT molecular complexity index is 528. The van der Waals surface area contributed by atoms with E-state index in [0.717, 1.165) is 10.4 Å². The molecule has 1 atom stereocenters. The first kappa shape index (κ1) is 13.8. The molecule has 0 aliphatic carbocycles. The molecule has 100 valence electrons. The molecule has 0 aliphatic heterocycles. The number of carbonyl (C=O) groups excluding carboxylic acids is 1. The molecule has 1 heterocycles. The van der Waals surface area contributed by atoms with Crippen LogP contribution in [0.4, 0.5) is 0 Å². The third-order valence-corrected chi connectivity index (χ3v) is 4.05. The molecule has 19 heavy (non-hydrogen) atoms. The fourth-order valence-electron chi connectivity index (χ4n) is 2.05. The fourth-order valence-corrected chi connectivity index (χ4v) is 2.85. The van der Waals surface area contributed by atoms with Crippen LogP contribution in [0.2, 0.25) is 0 Å². The molecule has 3 heteroatoms. The fraction of sp³-hybridized carbons (Fsp3) is 0.312. The van der Waals surface area contributed by atoms with Gasteiger partial charge in [-0.15, -0.1) is 11.3 Å². The number of rotatable bonds is 4. The van der Waals surface area contributed by atoms with Gasteiger partial charge in [-0.3, -0.25) is 4.79 Å². The second-order valence-corrected chi connectivity index (χ2v) is 5.95. The first-order valence-electron chi connectivity index (χ1n) is 6.48. The zero-order chi connectivity index (χ0) is 13.8. The quantitative estimate of drug-likeness (QED) is 0.893. The summed E-state index contributed by atoms with van der Waals surface area (Å²) in [5.41, 5.74) is 2.44. The molecule has 0 fully saturated rings. The van der Waals surface area contributed by atoms with E-state index in [9.17, 15) is 4.79 Å². The highest BCUT2D eigenvalue weighted by molar-refractivity contribution is 7.10. The number of benzene rings is 1. The SMILES string of the molecule is CC(=O)NC(c1ccc(C(C)C)cc1)c1cccs1. The standard InChI is InChI=1S/C16H19NOS/c1-11(2)13-6-8-14(9-7-13)16(17-12(3)18)15-5-4-10-19-15/h4-11,16H,1-3H3,(H,17,18). The number of thiophene rings is 1. The smallest absolute Gasteiger partial charge is 0.217 e. The predicted octanol–water partition coefficient (Wildman–Crippen LogP) is 4.10. The van der Waals surface area contributed by atoms with Crippen LogP contribution in [0.15, 0.2) is 41.8 Å². The molecule has 0 bridgehead atoms. The summed E-state index contributed by atoms with van der Waals surface area (Å²) in [4.78, 5) is 12.6. The van der Waals surface area contributed by atoms with Gasteiger partial charge in [0.15, 0.2) is 0 Å². The highest BCUT2D eigenvalue weighted by Gasteiger charge is 2.16. The Morgan fingerprint density at radius 2 is 1.74 bits per heavy atom. The van der Waals surface area contributed by atoms with Crippen LogP contribution in [-0.4, -0.2) is 5.91 Å². The van der Waals surface area contributed by atoms with Crippen LogP contribution in [0.25, 0.3) is 0 Å². The van der Waals surface area contributed by atoms with Crippen LogP contribution in [0.5, 0.6) is 0 Å². The van der Waals surface area contributed by atoms with Crippen LogP contribution < -0.4 is 5.32 Å². The van der Waals surface area contributed by atoms with Gasteiger partial charge in [0.2, 0.25) is 5.91 Å². The van der Waals surface area contributed by atoms with Gasteiger partial charge >= 0.3 is 0 Å². The molecule has 2 rings (SSSR count). The molecule has 0 radical (unpaired) electrons. The van der Waals surface area contributed by atoms with E-state index in [1.807, 2.05) is 11.4 Å². The Balaban J connectivity index is 2.30. The molecular weight excluding hydrogens is 254 g/mol. The first-order chi connectivity index (χ1) is 9.08. The van der Waals surface area contributed by atoms with Crippen LogP contribution >= 0.6 is 11.3 Å².